The molecule has 1 aliphatic rings. The molecule has 0 saturated heterocycles. The normalized spacial score (nSPS) is 15.5. The number of aryl methyl sites for hydroxylation is 2. The first-order valence-corrected chi connectivity index (χ1v) is 11.3. The Labute approximate surface area is 184 Å². The molecule has 0 fully saturated rings. The molecule has 0 radical (unpaired) electrons. The molecule has 0 spiro atoms. The van der Waals surface area contributed by atoms with E-state index in [9.17, 15) is 9.18 Å². The molecule has 3 heteroatoms. The maximum absolute atomic E-state index is 14.5. The molecule has 31 heavy (non-hydrogen) atoms. The van der Waals surface area contributed by atoms with E-state index in [2.05, 4.69) is 31.2 Å². The maximum atomic E-state index is 14.5. The highest BCUT2D eigenvalue weighted by Crippen LogP contribution is 2.37. The first-order chi connectivity index (χ1) is 15.1. The van der Waals surface area contributed by atoms with Crippen LogP contribution < -0.4 is 4.74 Å². The average molecular weight is 417 g/mol. The van der Waals surface area contributed by atoms with E-state index >= 15 is 0 Å². The van der Waals surface area contributed by atoms with Crippen molar-refractivity contribution < 1.29 is 13.9 Å². The van der Waals surface area contributed by atoms with Crippen molar-refractivity contribution in [2.24, 2.45) is 0 Å². The van der Waals surface area contributed by atoms with E-state index < -0.39 is 11.7 Å². The van der Waals surface area contributed by atoms with Crippen molar-refractivity contribution in [2.45, 2.75) is 58.3 Å². The molecular weight excluding hydrogens is 387 g/mol. The molecule has 1 aliphatic heterocycles. The summed E-state index contributed by atoms with van der Waals surface area (Å²) in [7, 11) is 0. The van der Waals surface area contributed by atoms with Gasteiger partial charge in [0.25, 0.3) is 0 Å². The van der Waals surface area contributed by atoms with Crippen LogP contribution in [0.4, 0.5) is 4.39 Å². The molecule has 2 nitrogen and oxygen atoms in total. The van der Waals surface area contributed by atoms with Crippen LogP contribution in [-0.2, 0) is 24.1 Å². The molecule has 0 aliphatic carbocycles. The maximum Gasteiger partial charge on any atom is 0.319 e. The molecule has 0 amide bonds. The van der Waals surface area contributed by atoms with Crippen LogP contribution in [0, 0.1) is 5.82 Å². The molecule has 1 atom stereocenters. The predicted octanol–water partition coefficient (Wildman–Crippen LogP) is 7.03. The van der Waals surface area contributed by atoms with Crippen LogP contribution in [0.2, 0.25) is 0 Å². The highest BCUT2D eigenvalue weighted by atomic mass is 19.1. The Bertz CT molecular complexity index is 1050. The average Bonchev–Trinajstić information content (AvgIpc) is 2.80. The van der Waals surface area contributed by atoms with E-state index in [-0.39, 0.29) is 11.7 Å². The fraction of sp³-hybridized carbons (Fsp3) is 0.321. The van der Waals surface area contributed by atoms with Crippen molar-refractivity contribution >= 4 is 5.97 Å². The van der Waals surface area contributed by atoms with E-state index in [1.807, 2.05) is 37.3 Å². The number of ether oxygens (including phenoxy) is 1. The SMILES string of the molecule is CCCCCc1ccc(-c2ccc(C3Cc4ccc(CC)c(F)c4OC3=O)cc2)cc1. The molecule has 1 heterocycles. The van der Waals surface area contributed by atoms with Gasteiger partial charge in [-0.05, 0) is 59.1 Å². The van der Waals surface area contributed by atoms with Gasteiger partial charge in [0.05, 0.1) is 5.92 Å². The lowest BCUT2D eigenvalue weighted by atomic mass is 9.88. The Hall–Kier alpha value is -2.94. The standard InChI is InChI=1S/C28H29FO2/c1-3-5-6-7-19-8-10-21(11-9-19)22-13-15-23(16-14-22)25-18-24-17-12-20(4-2)26(29)27(24)31-28(25)30/h8-17,25H,3-7,18H2,1-2H3. The van der Waals surface area contributed by atoms with Crippen LogP contribution in [-0.4, -0.2) is 5.97 Å². The lowest BCUT2D eigenvalue weighted by molar-refractivity contribution is -0.137. The Kier molecular flexibility index (Phi) is 6.50. The van der Waals surface area contributed by atoms with Gasteiger partial charge >= 0.3 is 5.97 Å². The number of halogens is 1. The number of hydrogen-bond acceptors (Lipinski definition) is 2. The summed E-state index contributed by atoms with van der Waals surface area (Å²) in [5.74, 6) is -1.09. The summed E-state index contributed by atoms with van der Waals surface area (Å²) in [6.07, 6.45) is 5.89. The highest BCUT2D eigenvalue weighted by Gasteiger charge is 2.32. The zero-order chi connectivity index (χ0) is 21.8. The summed E-state index contributed by atoms with van der Waals surface area (Å²) in [6.45, 7) is 4.11. The smallest absolute Gasteiger partial charge is 0.319 e. The van der Waals surface area contributed by atoms with Crippen molar-refractivity contribution in [1.82, 2.24) is 0 Å². The van der Waals surface area contributed by atoms with Crippen LogP contribution in [0.15, 0.2) is 60.7 Å². The summed E-state index contributed by atoms with van der Waals surface area (Å²) in [4.78, 5) is 12.6. The number of carbonyl (C=O) groups excluding carboxylic acids is 1. The van der Waals surface area contributed by atoms with Gasteiger partial charge in [0.15, 0.2) is 11.6 Å². The van der Waals surface area contributed by atoms with Gasteiger partial charge in [0.1, 0.15) is 0 Å². The molecule has 160 valence electrons. The van der Waals surface area contributed by atoms with Crippen LogP contribution in [0.25, 0.3) is 11.1 Å². The fourth-order valence-corrected chi connectivity index (χ4v) is 4.26. The van der Waals surface area contributed by atoms with Gasteiger partial charge in [-0.1, -0.05) is 87.4 Å². The van der Waals surface area contributed by atoms with E-state index in [0.717, 1.165) is 28.7 Å². The van der Waals surface area contributed by atoms with Gasteiger partial charge in [-0.3, -0.25) is 4.79 Å². The van der Waals surface area contributed by atoms with Crippen LogP contribution in [0.1, 0.15) is 61.3 Å². The minimum atomic E-state index is -0.408. The van der Waals surface area contributed by atoms with Crippen molar-refractivity contribution in [3.63, 3.8) is 0 Å². The monoisotopic (exact) mass is 416 g/mol. The largest absolute Gasteiger partial charge is 0.423 e. The van der Waals surface area contributed by atoms with E-state index in [0.29, 0.717) is 18.4 Å². The molecule has 3 aromatic carbocycles. The molecule has 1 unspecified atom stereocenters. The molecule has 0 aromatic heterocycles. The topological polar surface area (TPSA) is 26.3 Å². The van der Waals surface area contributed by atoms with Crippen LogP contribution in [0.5, 0.6) is 5.75 Å². The van der Waals surface area contributed by atoms with Crippen molar-refractivity contribution in [1.29, 1.82) is 0 Å². The first-order valence-electron chi connectivity index (χ1n) is 11.3. The van der Waals surface area contributed by atoms with Crippen LogP contribution >= 0.6 is 0 Å². The quantitative estimate of drug-likeness (QED) is 0.235. The molecule has 3 aromatic rings. The van der Waals surface area contributed by atoms with E-state index in [1.54, 1.807) is 6.07 Å². The molecule has 0 bridgehead atoms. The number of carbonyl (C=O) groups is 1. The third kappa shape index (κ3) is 4.56. The van der Waals surface area contributed by atoms with Gasteiger partial charge < -0.3 is 4.74 Å². The highest BCUT2D eigenvalue weighted by molar-refractivity contribution is 5.83. The van der Waals surface area contributed by atoms with Gasteiger partial charge in [-0.2, -0.15) is 0 Å². The van der Waals surface area contributed by atoms with E-state index in [4.69, 9.17) is 4.74 Å². The number of esters is 1. The second-order valence-electron chi connectivity index (χ2n) is 8.33. The van der Waals surface area contributed by atoms with Gasteiger partial charge in [0, 0.05) is 0 Å². The zero-order valence-corrected chi connectivity index (χ0v) is 18.3. The lowest BCUT2D eigenvalue weighted by Crippen LogP contribution is -2.27. The summed E-state index contributed by atoms with van der Waals surface area (Å²) in [5, 5.41) is 0. The lowest BCUT2D eigenvalue weighted by Gasteiger charge is -2.24. The van der Waals surface area contributed by atoms with Crippen LogP contribution in [0.3, 0.4) is 0 Å². The predicted molar refractivity (Wildman–Crippen MR) is 123 cm³/mol. The van der Waals surface area contributed by atoms with Gasteiger partial charge in [-0.25, -0.2) is 4.39 Å². The third-order valence-electron chi connectivity index (χ3n) is 6.22. The molecule has 0 saturated carbocycles. The third-order valence-corrected chi connectivity index (χ3v) is 6.22. The number of fused-ring (bicyclic) bond motifs is 1. The number of unbranched alkanes of at least 4 members (excludes halogenated alkanes) is 2. The fourth-order valence-electron chi connectivity index (χ4n) is 4.26. The molecule has 0 N–H and O–H groups in total. The van der Waals surface area contributed by atoms with Crippen molar-refractivity contribution in [3.8, 4) is 16.9 Å². The Morgan fingerprint density at radius 3 is 2.23 bits per heavy atom. The Balaban J connectivity index is 1.49. The summed E-state index contributed by atoms with van der Waals surface area (Å²) in [6, 6.07) is 20.5. The second-order valence-corrected chi connectivity index (χ2v) is 8.33. The summed E-state index contributed by atoms with van der Waals surface area (Å²) < 4.78 is 20.0. The van der Waals surface area contributed by atoms with E-state index in [1.165, 1.54) is 24.8 Å². The minimum absolute atomic E-state index is 0.108. The number of benzene rings is 3. The van der Waals surface area contributed by atoms with Gasteiger partial charge in [-0.15, -0.1) is 0 Å². The second kappa shape index (κ2) is 9.47. The first kappa shape index (κ1) is 21.3. The minimum Gasteiger partial charge on any atom is -0.423 e. The summed E-state index contributed by atoms with van der Waals surface area (Å²) in [5.41, 5.74) is 5.88. The summed E-state index contributed by atoms with van der Waals surface area (Å²) >= 11 is 0. The number of hydrogen-bond donors (Lipinski definition) is 0. The van der Waals surface area contributed by atoms with Gasteiger partial charge in [0.2, 0.25) is 0 Å². The van der Waals surface area contributed by atoms with Crippen molar-refractivity contribution in [3.05, 3.63) is 88.7 Å². The molecule has 4 rings (SSSR count). The Morgan fingerprint density at radius 1 is 0.903 bits per heavy atom. The number of rotatable bonds is 7. The zero-order valence-electron chi connectivity index (χ0n) is 18.3. The molecular formula is C28H29FO2. The van der Waals surface area contributed by atoms with Crippen molar-refractivity contribution in [2.75, 3.05) is 0 Å². The Morgan fingerprint density at radius 2 is 1.58 bits per heavy atom.